The number of hydrogen-bond donors (Lipinski definition) is 1. The summed E-state index contributed by atoms with van der Waals surface area (Å²) in [4.78, 5) is 13.1. The third-order valence-electron chi connectivity index (χ3n) is 4.56. The van der Waals surface area contributed by atoms with Gasteiger partial charge in [-0.05, 0) is 42.8 Å². The zero-order valence-corrected chi connectivity index (χ0v) is 17.7. The first kappa shape index (κ1) is 19.8. The Morgan fingerprint density at radius 1 is 1.13 bits per heavy atom. The first-order chi connectivity index (χ1) is 14.6. The Hall–Kier alpha value is -3.46. The number of fused-ring (bicyclic) bond motifs is 1. The highest BCUT2D eigenvalue weighted by molar-refractivity contribution is 7.19. The van der Waals surface area contributed by atoms with Gasteiger partial charge in [0.1, 0.15) is 16.5 Å². The summed E-state index contributed by atoms with van der Waals surface area (Å²) in [5, 5.41) is 16.6. The zero-order valence-electron chi connectivity index (χ0n) is 16.9. The second-order valence-electron chi connectivity index (χ2n) is 6.61. The molecular weight excluding hydrogens is 402 g/mol. The number of carbonyl (C=O) groups excluding carboxylic acids is 1. The van der Waals surface area contributed by atoms with Gasteiger partial charge in [0.15, 0.2) is 12.4 Å². The quantitative estimate of drug-likeness (QED) is 0.487. The molecule has 2 heterocycles. The molecule has 9 heteroatoms. The highest BCUT2D eigenvalue weighted by atomic mass is 32.1. The molecule has 1 amide bonds. The number of methoxy groups -OCH3 is 1. The topological polar surface area (TPSA) is 90.6 Å². The van der Waals surface area contributed by atoms with Gasteiger partial charge in [0.25, 0.3) is 5.91 Å². The average molecular weight is 423 g/mol. The second-order valence-corrected chi connectivity index (χ2v) is 7.57. The summed E-state index contributed by atoms with van der Waals surface area (Å²) in [5.74, 6) is 1.92. The second kappa shape index (κ2) is 8.50. The van der Waals surface area contributed by atoms with Crippen LogP contribution in [0.15, 0.2) is 42.5 Å². The predicted molar refractivity (Wildman–Crippen MR) is 115 cm³/mol. The van der Waals surface area contributed by atoms with E-state index in [1.165, 1.54) is 11.3 Å². The Balaban J connectivity index is 1.46. The van der Waals surface area contributed by atoms with E-state index < -0.39 is 0 Å². The fourth-order valence-corrected chi connectivity index (χ4v) is 3.75. The monoisotopic (exact) mass is 423 g/mol. The molecular formula is C21H21N5O3S. The lowest BCUT2D eigenvalue weighted by Gasteiger charge is -2.11. The standard InChI is InChI=1S/C21H21N5O3S/c1-4-18-23-24-21-26(18)25-20(30-21)14-6-5-13(2)17(11-14)22-19(27)12-29-16-9-7-15(28-3)8-10-16/h5-11H,4,12H2,1-3H3,(H,22,27). The summed E-state index contributed by atoms with van der Waals surface area (Å²) in [6.45, 7) is 3.87. The van der Waals surface area contributed by atoms with E-state index in [-0.39, 0.29) is 12.5 Å². The number of amides is 1. The van der Waals surface area contributed by atoms with Crippen molar-refractivity contribution in [3.8, 4) is 22.1 Å². The van der Waals surface area contributed by atoms with Gasteiger partial charge >= 0.3 is 0 Å². The molecule has 2 aromatic heterocycles. The van der Waals surface area contributed by atoms with E-state index in [0.717, 1.165) is 44.8 Å². The van der Waals surface area contributed by atoms with Crippen LogP contribution in [0.25, 0.3) is 15.5 Å². The van der Waals surface area contributed by atoms with Crippen LogP contribution in [0.3, 0.4) is 0 Å². The van der Waals surface area contributed by atoms with Crippen molar-refractivity contribution < 1.29 is 14.3 Å². The summed E-state index contributed by atoms with van der Waals surface area (Å²) in [7, 11) is 1.60. The molecule has 4 rings (SSSR count). The van der Waals surface area contributed by atoms with Crippen molar-refractivity contribution in [2.24, 2.45) is 0 Å². The number of hydrogen-bond acceptors (Lipinski definition) is 7. The third-order valence-corrected chi connectivity index (χ3v) is 5.51. The SMILES string of the molecule is CCc1nnc2sc(-c3ccc(C)c(NC(=O)COc4ccc(OC)cc4)c3)nn12. The number of aromatic nitrogens is 4. The van der Waals surface area contributed by atoms with Gasteiger partial charge in [0, 0.05) is 17.7 Å². The van der Waals surface area contributed by atoms with E-state index >= 15 is 0 Å². The maximum absolute atomic E-state index is 12.4. The minimum Gasteiger partial charge on any atom is -0.497 e. The van der Waals surface area contributed by atoms with Gasteiger partial charge in [0.2, 0.25) is 4.96 Å². The zero-order chi connectivity index (χ0) is 21.1. The molecule has 0 fully saturated rings. The van der Waals surface area contributed by atoms with Crippen LogP contribution in [0.2, 0.25) is 0 Å². The molecule has 0 saturated carbocycles. The largest absolute Gasteiger partial charge is 0.497 e. The summed E-state index contributed by atoms with van der Waals surface area (Å²) in [6, 6.07) is 12.9. The number of rotatable bonds is 7. The fourth-order valence-electron chi connectivity index (χ4n) is 2.89. The summed E-state index contributed by atoms with van der Waals surface area (Å²) in [5.41, 5.74) is 2.58. The first-order valence-electron chi connectivity index (χ1n) is 9.46. The van der Waals surface area contributed by atoms with Crippen LogP contribution in [-0.4, -0.2) is 39.4 Å². The number of ether oxygens (including phenoxy) is 2. The fraction of sp³-hybridized carbons (Fsp3) is 0.238. The van der Waals surface area contributed by atoms with E-state index in [1.54, 1.807) is 35.9 Å². The van der Waals surface area contributed by atoms with E-state index in [0.29, 0.717) is 5.75 Å². The van der Waals surface area contributed by atoms with Gasteiger partial charge in [-0.15, -0.1) is 10.2 Å². The van der Waals surface area contributed by atoms with Gasteiger partial charge in [-0.3, -0.25) is 4.79 Å². The molecule has 0 aliphatic heterocycles. The highest BCUT2D eigenvalue weighted by Gasteiger charge is 2.14. The van der Waals surface area contributed by atoms with Crippen molar-refractivity contribution in [3.05, 3.63) is 53.9 Å². The van der Waals surface area contributed by atoms with Crippen LogP contribution >= 0.6 is 11.3 Å². The summed E-state index contributed by atoms with van der Waals surface area (Å²) < 4.78 is 12.4. The van der Waals surface area contributed by atoms with Gasteiger partial charge in [-0.1, -0.05) is 30.4 Å². The number of benzene rings is 2. The average Bonchev–Trinajstić information content (AvgIpc) is 3.35. The van der Waals surface area contributed by atoms with Crippen molar-refractivity contribution in [1.82, 2.24) is 19.8 Å². The molecule has 0 spiro atoms. The molecule has 0 atom stereocenters. The third kappa shape index (κ3) is 4.11. The maximum atomic E-state index is 12.4. The van der Waals surface area contributed by atoms with Crippen molar-refractivity contribution in [2.75, 3.05) is 19.0 Å². The number of aryl methyl sites for hydroxylation is 2. The lowest BCUT2D eigenvalue weighted by molar-refractivity contribution is -0.118. The number of anilines is 1. The molecule has 0 aliphatic carbocycles. The van der Waals surface area contributed by atoms with Crippen LogP contribution in [0.1, 0.15) is 18.3 Å². The van der Waals surface area contributed by atoms with Crippen LogP contribution in [0.5, 0.6) is 11.5 Å². The lowest BCUT2D eigenvalue weighted by atomic mass is 10.1. The van der Waals surface area contributed by atoms with Crippen LogP contribution in [-0.2, 0) is 11.2 Å². The predicted octanol–water partition coefficient (Wildman–Crippen LogP) is 3.75. The van der Waals surface area contributed by atoms with Gasteiger partial charge in [-0.2, -0.15) is 9.61 Å². The van der Waals surface area contributed by atoms with E-state index in [4.69, 9.17) is 9.47 Å². The van der Waals surface area contributed by atoms with E-state index in [2.05, 4.69) is 20.6 Å². The normalized spacial score (nSPS) is 10.9. The van der Waals surface area contributed by atoms with Gasteiger partial charge in [0.05, 0.1) is 7.11 Å². The van der Waals surface area contributed by atoms with Crippen molar-refractivity contribution in [1.29, 1.82) is 0 Å². The molecule has 4 aromatic rings. The number of nitrogens with zero attached hydrogens (tertiary/aromatic N) is 4. The van der Waals surface area contributed by atoms with E-state index in [1.807, 2.05) is 32.0 Å². The number of nitrogens with one attached hydrogen (secondary N) is 1. The first-order valence-corrected chi connectivity index (χ1v) is 10.3. The Kier molecular flexibility index (Phi) is 5.62. The molecule has 0 unspecified atom stereocenters. The van der Waals surface area contributed by atoms with Crippen LogP contribution in [0.4, 0.5) is 5.69 Å². The Bertz CT molecular complexity index is 1180. The smallest absolute Gasteiger partial charge is 0.262 e. The molecule has 0 bridgehead atoms. The molecule has 0 saturated heterocycles. The number of carbonyl (C=O) groups is 1. The Morgan fingerprint density at radius 2 is 1.90 bits per heavy atom. The van der Waals surface area contributed by atoms with Crippen LogP contribution in [0, 0.1) is 6.92 Å². The Labute approximate surface area is 177 Å². The molecule has 1 N–H and O–H groups in total. The van der Waals surface area contributed by atoms with Crippen molar-refractivity contribution in [3.63, 3.8) is 0 Å². The van der Waals surface area contributed by atoms with Crippen LogP contribution < -0.4 is 14.8 Å². The molecule has 8 nitrogen and oxygen atoms in total. The van der Waals surface area contributed by atoms with Crippen molar-refractivity contribution >= 4 is 27.9 Å². The molecule has 2 aromatic carbocycles. The highest BCUT2D eigenvalue weighted by Crippen LogP contribution is 2.29. The summed E-state index contributed by atoms with van der Waals surface area (Å²) in [6.07, 6.45) is 0.758. The minimum absolute atomic E-state index is 0.0907. The van der Waals surface area contributed by atoms with Gasteiger partial charge < -0.3 is 14.8 Å². The minimum atomic E-state index is -0.238. The van der Waals surface area contributed by atoms with Crippen molar-refractivity contribution in [2.45, 2.75) is 20.3 Å². The maximum Gasteiger partial charge on any atom is 0.262 e. The van der Waals surface area contributed by atoms with E-state index in [9.17, 15) is 4.79 Å². The molecule has 0 radical (unpaired) electrons. The molecule has 0 aliphatic rings. The Morgan fingerprint density at radius 3 is 2.63 bits per heavy atom. The molecule has 30 heavy (non-hydrogen) atoms. The molecule has 154 valence electrons. The van der Waals surface area contributed by atoms with Gasteiger partial charge in [-0.25, -0.2) is 0 Å². The lowest BCUT2D eigenvalue weighted by Crippen LogP contribution is -2.20. The summed E-state index contributed by atoms with van der Waals surface area (Å²) >= 11 is 1.46.